The molecular weight excluding hydrogens is 292 g/mol. The Morgan fingerprint density at radius 2 is 2.09 bits per heavy atom. The van der Waals surface area contributed by atoms with Gasteiger partial charge in [0.05, 0.1) is 5.69 Å². The van der Waals surface area contributed by atoms with Crippen molar-refractivity contribution in [2.24, 2.45) is 0 Å². The second-order valence-corrected chi connectivity index (χ2v) is 5.80. The van der Waals surface area contributed by atoms with Crippen molar-refractivity contribution >= 4 is 5.82 Å². The third-order valence-electron chi connectivity index (χ3n) is 4.10. The van der Waals surface area contributed by atoms with Gasteiger partial charge in [-0.05, 0) is 32.9 Å². The zero-order chi connectivity index (χ0) is 16.2. The molecule has 0 aromatic carbocycles. The first-order valence-electron chi connectivity index (χ1n) is 7.97. The summed E-state index contributed by atoms with van der Waals surface area (Å²) in [6, 6.07) is 1.92. The van der Waals surface area contributed by atoms with Crippen LogP contribution in [0.3, 0.4) is 0 Å². The third kappa shape index (κ3) is 3.56. The van der Waals surface area contributed by atoms with Crippen molar-refractivity contribution in [3.8, 4) is 0 Å². The smallest absolute Gasteiger partial charge is 0.348 e. The molecule has 122 valence electrons. The molecule has 0 unspecified atom stereocenters. The van der Waals surface area contributed by atoms with E-state index in [1.165, 1.54) is 5.56 Å². The van der Waals surface area contributed by atoms with E-state index in [1.54, 1.807) is 10.9 Å². The molecule has 0 radical (unpaired) electrons. The fourth-order valence-corrected chi connectivity index (χ4v) is 2.96. The van der Waals surface area contributed by atoms with Gasteiger partial charge in [-0.15, -0.1) is 0 Å². The monoisotopic (exact) mass is 314 g/mol. The van der Waals surface area contributed by atoms with Crippen LogP contribution in [0.2, 0.25) is 0 Å². The van der Waals surface area contributed by atoms with E-state index in [0.29, 0.717) is 13.1 Å². The summed E-state index contributed by atoms with van der Waals surface area (Å²) in [4.78, 5) is 24.7. The van der Waals surface area contributed by atoms with Crippen LogP contribution in [0.25, 0.3) is 0 Å². The van der Waals surface area contributed by atoms with E-state index in [1.807, 2.05) is 19.9 Å². The van der Waals surface area contributed by atoms with Crippen LogP contribution >= 0.6 is 0 Å². The fourth-order valence-electron chi connectivity index (χ4n) is 2.96. The van der Waals surface area contributed by atoms with Crippen LogP contribution in [0.15, 0.2) is 17.2 Å². The second-order valence-electron chi connectivity index (χ2n) is 5.80. The van der Waals surface area contributed by atoms with Gasteiger partial charge < -0.3 is 10.6 Å². The lowest BCUT2D eigenvalue weighted by atomic mass is 10.1. The van der Waals surface area contributed by atoms with Crippen molar-refractivity contribution in [2.45, 2.75) is 33.2 Å². The highest BCUT2D eigenvalue weighted by molar-refractivity contribution is 5.46. The number of aromatic nitrogens is 4. The van der Waals surface area contributed by atoms with Crippen LogP contribution < -0.4 is 16.3 Å². The summed E-state index contributed by atoms with van der Waals surface area (Å²) in [5, 5.41) is 6.73. The molecule has 1 aliphatic rings. The molecule has 0 bridgehead atoms. The van der Waals surface area contributed by atoms with E-state index in [2.05, 4.69) is 25.6 Å². The van der Waals surface area contributed by atoms with Gasteiger partial charge in [-0.3, -0.25) is 4.57 Å². The summed E-state index contributed by atoms with van der Waals surface area (Å²) in [6.07, 6.45) is 3.45. The highest BCUT2D eigenvalue weighted by Gasteiger charge is 2.13. The Bertz CT molecular complexity index is 755. The Balaban J connectivity index is 1.71. The van der Waals surface area contributed by atoms with Gasteiger partial charge in [0.2, 0.25) is 0 Å². The van der Waals surface area contributed by atoms with Crippen LogP contribution in [0.1, 0.15) is 22.6 Å². The van der Waals surface area contributed by atoms with E-state index in [-0.39, 0.29) is 5.69 Å². The van der Waals surface area contributed by atoms with Crippen molar-refractivity contribution in [3.63, 3.8) is 0 Å². The number of nitrogens with one attached hydrogen (secondary N) is 2. The minimum Gasteiger partial charge on any atom is -0.368 e. The topological polar surface area (TPSA) is 84.7 Å². The van der Waals surface area contributed by atoms with Crippen molar-refractivity contribution in [3.05, 3.63) is 45.5 Å². The maximum absolute atomic E-state index is 12.0. The molecule has 2 aromatic heterocycles. The molecule has 3 rings (SSSR count). The largest absolute Gasteiger partial charge is 0.368 e. The fraction of sp³-hybridized carbons (Fsp3) is 0.500. The summed E-state index contributed by atoms with van der Waals surface area (Å²) in [7, 11) is 0. The molecular formula is C16H22N6O. The van der Waals surface area contributed by atoms with E-state index in [4.69, 9.17) is 0 Å². The minimum atomic E-state index is -0.199. The molecule has 0 atom stereocenters. The second kappa shape index (κ2) is 6.87. The molecule has 0 saturated heterocycles. The lowest BCUT2D eigenvalue weighted by molar-refractivity contribution is 0.646. The number of fused-ring (bicyclic) bond motifs is 1. The quantitative estimate of drug-likeness (QED) is 0.852. The number of aryl methyl sites for hydroxylation is 2. The van der Waals surface area contributed by atoms with E-state index >= 15 is 0 Å². The number of nitrogens with zero attached hydrogens (tertiary/aromatic N) is 4. The third-order valence-corrected chi connectivity index (χ3v) is 4.10. The van der Waals surface area contributed by atoms with E-state index in [9.17, 15) is 4.79 Å². The molecule has 2 aromatic rings. The highest BCUT2D eigenvalue weighted by Crippen LogP contribution is 2.17. The predicted molar refractivity (Wildman–Crippen MR) is 88.8 cm³/mol. The lowest BCUT2D eigenvalue weighted by Crippen LogP contribution is -2.28. The maximum atomic E-state index is 12.0. The number of rotatable bonds is 4. The van der Waals surface area contributed by atoms with Crippen LogP contribution in [-0.2, 0) is 19.4 Å². The Morgan fingerprint density at radius 3 is 2.91 bits per heavy atom. The van der Waals surface area contributed by atoms with Gasteiger partial charge in [0.15, 0.2) is 0 Å². The van der Waals surface area contributed by atoms with Gasteiger partial charge >= 0.3 is 5.69 Å². The summed E-state index contributed by atoms with van der Waals surface area (Å²) in [5.41, 5.74) is 3.77. The SMILES string of the molecule is Cc1cc(C)n(CCNc2ncnc3c2CCNCC3)c(=O)n1. The average molecular weight is 314 g/mol. The van der Waals surface area contributed by atoms with Gasteiger partial charge in [-0.25, -0.2) is 14.8 Å². The Hall–Kier alpha value is -2.28. The average Bonchev–Trinajstić information content (AvgIpc) is 2.75. The first-order valence-corrected chi connectivity index (χ1v) is 7.97. The first-order chi connectivity index (χ1) is 11.1. The molecule has 7 heteroatoms. The molecule has 0 aliphatic carbocycles. The van der Waals surface area contributed by atoms with Gasteiger partial charge in [-0.2, -0.15) is 4.98 Å². The van der Waals surface area contributed by atoms with Crippen molar-refractivity contribution in [2.75, 3.05) is 25.0 Å². The van der Waals surface area contributed by atoms with Gasteiger partial charge in [0.25, 0.3) is 0 Å². The summed E-state index contributed by atoms with van der Waals surface area (Å²) < 4.78 is 1.68. The molecule has 7 nitrogen and oxygen atoms in total. The van der Waals surface area contributed by atoms with Gasteiger partial charge in [-0.1, -0.05) is 0 Å². The van der Waals surface area contributed by atoms with Crippen LogP contribution in [-0.4, -0.2) is 39.2 Å². The Kier molecular flexibility index (Phi) is 4.66. The molecule has 1 aliphatic heterocycles. The maximum Gasteiger partial charge on any atom is 0.348 e. The standard InChI is InChI=1S/C16H22N6O/c1-11-9-12(2)22(16(23)21-11)8-7-18-15-13-3-5-17-6-4-14(13)19-10-20-15/h9-10,17H,3-8H2,1-2H3,(H,18,19,20). The summed E-state index contributed by atoms with van der Waals surface area (Å²) in [6.45, 7) is 6.85. The minimum absolute atomic E-state index is 0.199. The van der Waals surface area contributed by atoms with E-state index in [0.717, 1.165) is 48.8 Å². The molecule has 2 N–H and O–H groups in total. The summed E-state index contributed by atoms with van der Waals surface area (Å²) in [5.74, 6) is 0.879. The highest BCUT2D eigenvalue weighted by atomic mass is 16.1. The number of anilines is 1. The zero-order valence-corrected chi connectivity index (χ0v) is 13.6. The van der Waals surface area contributed by atoms with Crippen molar-refractivity contribution in [1.82, 2.24) is 24.8 Å². The van der Waals surface area contributed by atoms with Crippen LogP contribution in [0.4, 0.5) is 5.82 Å². The molecule has 0 fully saturated rings. The van der Waals surface area contributed by atoms with Crippen LogP contribution in [0.5, 0.6) is 0 Å². The normalized spacial score (nSPS) is 14.2. The van der Waals surface area contributed by atoms with Crippen molar-refractivity contribution < 1.29 is 0 Å². The molecule has 23 heavy (non-hydrogen) atoms. The molecule has 0 saturated carbocycles. The van der Waals surface area contributed by atoms with E-state index < -0.39 is 0 Å². The number of hydrogen-bond donors (Lipinski definition) is 2. The summed E-state index contributed by atoms with van der Waals surface area (Å²) >= 11 is 0. The van der Waals surface area contributed by atoms with Gasteiger partial charge in [0.1, 0.15) is 12.1 Å². The van der Waals surface area contributed by atoms with Gasteiger partial charge in [0, 0.05) is 43.0 Å². The Morgan fingerprint density at radius 1 is 1.26 bits per heavy atom. The zero-order valence-electron chi connectivity index (χ0n) is 13.6. The molecule has 0 spiro atoms. The Labute approximate surface area is 135 Å². The predicted octanol–water partition coefficient (Wildman–Crippen LogP) is 0.450. The van der Waals surface area contributed by atoms with Crippen LogP contribution in [0, 0.1) is 13.8 Å². The molecule has 0 amide bonds. The molecule has 3 heterocycles. The first kappa shape index (κ1) is 15.6. The lowest BCUT2D eigenvalue weighted by Gasteiger charge is -2.14. The van der Waals surface area contributed by atoms with Crippen molar-refractivity contribution in [1.29, 1.82) is 0 Å². The number of hydrogen-bond acceptors (Lipinski definition) is 6.